The Morgan fingerprint density at radius 3 is 2.81 bits per heavy atom. The first-order chi connectivity index (χ1) is 9.92. The van der Waals surface area contributed by atoms with Crippen LogP contribution in [0.5, 0.6) is 0 Å². The van der Waals surface area contributed by atoms with Crippen LogP contribution < -0.4 is 0 Å². The molecule has 0 aliphatic carbocycles. The topological polar surface area (TPSA) is 80.6 Å². The highest BCUT2D eigenvalue weighted by Crippen LogP contribution is 2.13. The standard InChI is InChI=1S/C12H14ClN3O4S/c1-16-12(14-11(19-2)15-21(16,17)18)20-7-6-9-4-3-5-10(13)8-9/h3-5,8H,6-7H2,1-2H3. The van der Waals surface area contributed by atoms with E-state index >= 15 is 0 Å². The van der Waals surface area contributed by atoms with Gasteiger partial charge in [-0.1, -0.05) is 28.1 Å². The van der Waals surface area contributed by atoms with E-state index in [1.807, 2.05) is 18.2 Å². The highest BCUT2D eigenvalue weighted by molar-refractivity contribution is 7.88. The summed E-state index contributed by atoms with van der Waals surface area (Å²) in [6.07, 6.45) is 0.562. The van der Waals surface area contributed by atoms with Crippen molar-refractivity contribution in [1.82, 2.24) is 4.31 Å². The predicted octanol–water partition coefficient (Wildman–Crippen LogP) is 1.45. The third-order valence-electron chi connectivity index (χ3n) is 2.69. The second kappa shape index (κ2) is 6.31. The fourth-order valence-corrected chi connectivity index (χ4v) is 2.53. The second-order valence-electron chi connectivity index (χ2n) is 4.15. The van der Waals surface area contributed by atoms with Crippen LogP contribution in [0.2, 0.25) is 5.02 Å². The number of methoxy groups -OCH3 is 1. The minimum Gasteiger partial charge on any atom is -0.466 e. The Labute approximate surface area is 128 Å². The van der Waals surface area contributed by atoms with Gasteiger partial charge in [0.15, 0.2) is 0 Å². The number of nitrogens with zero attached hydrogens (tertiary/aromatic N) is 3. The van der Waals surface area contributed by atoms with Gasteiger partial charge >= 0.3 is 22.3 Å². The minimum atomic E-state index is -3.85. The van der Waals surface area contributed by atoms with E-state index in [4.69, 9.17) is 21.1 Å². The molecule has 0 unspecified atom stereocenters. The third kappa shape index (κ3) is 3.85. The Bertz CT molecular complexity index is 687. The maximum absolute atomic E-state index is 11.7. The van der Waals surface area contributed by atoms with E-state index in [9.17, 15) is 8.42 Å². The molecule has 9 heteroatoms. The van der Waals surface area contributed by atoms with Gasteiger partial charge in [0.25, 0.3) is 0 Å². The monoisotopic (exact) mass is 331 g/mol. The zero-order valence-corrected chi connectivity index (χ0v) is 13.1. The number of amidine groups is 2. The summed E-state index contributed by atoms with van der Waals surface area (Å²) in [6, 6.07) is 6.99. The Hall–Kier alpha value is -1.80. The van der Waals surface area contributed by atoms with Crippen LogP contribution in [0.1, 0.15) is 5.56 Å². The minimum absolute atomic E-state index is 0.0797. The quantitative estimate of drug-likeness (QED) is 0.839. The van der Waals surface area contributed by atoms with E-state index < -0.39 is 10.2 Å². The Morgan fingerprint density at radius 1 is 1.38 bits per heavy atom. The van der Waals surface area contributed by atoms with Crippen molar-refractivity contribution >= 4 is 33.9 Å². The molecule has 0 radical (unpaired) electrons. The number of benzene rings is 1. The van der Waals surface area contributed by atoms with Crippen LogP contribution in [-0.4, -0.2) is 45.5 Å². The maximum Gasteiger partial charge on any atom is 0.352 e. The van der Waals surface area contributed by atoms with Crippen molar-refractivity contribution in [3.8, 4) is 0 Å². The van der Waals surface area contributed by atoms with Gasteiger partial charge in [0, 0.05) is 18.5 Å². The molecular formula is C12H14ClN3O4S. The molecule has 0 saturated heterocycles. The molecule has 0 fully saturated rings. The van der Waals surface area contributed by atoms with E-state index in [0.717, 1.165) is 9.87 Å². The van der Waals surface area contributed by atoms with Gasteiger partial charge in [-0.15, -0.1) is 4.99 Å². The van der Waals surface area contributed by atoms with Gasteiger partial charge in [0.1, 0.15) is 0 Å². The first kappa shape index (κ1) is 15.6. The number of hydrogen-bond donors (Lipinski definition) is 0. The summed E-state index contributed by atoms with van der Waals surface area (Å²) in [4.78, 5) is 3.87. The molecule has 1 heterocycles. The van der Waals surface area contributed by atoms with Crippen LogP contribution in [0.4, 0.5) is 0 Å². The lowest BCUT2D eigenvalue weighted by Gasteiger charge is -2.21. The number of ether oxygens (including phenoxy) is 2. The molecule has 0 saturated carbocycles. The van der Waals surface area contributed by atoms with Crippen molar-refractivity contribution in [3.63, 3.8) is 0 Å². The molecule has 0 spiro atoms. The zero-order chi connectivity index (χ0) is 15.5. The normalized spacial score (nSPS) is 17.0. The van der Waals surface area contributed by atoms with Gasteiger partial charge in [-0.05, 0) is 17.7 Å². The first-order valence-corrected chi connectivity index (χ1v) is 7.78. The lowest BCUT2D eigenvalue weighted by Crippen LogP contribution is -2.38. The molecule has 0 atom stereocenters. The van der Waals surface area contributed by atoms with Crippen LogP contribution in [0.15, 0.2) is 33.7 Å². The van der Waals surface area contributed by atoms with Crippen LogP contribution in [0.3, 0.4) is 0 Å². The van der Waals surface area contributed by atoms with Crippen LogP contribution in [-0.2, 0) is 26.1 Å². The summed E-state index contributed by atoms with van der Waals surface area (Å²) in [7, 11) is -1.26. The van der Waals surface area contributed by atoms with E-state index in [1.165, 1.54) is 14.2 Å². The second-order valence-corrected chi connectivity index (χ2v) is 6.21. The summed E-state index contributed by atoms with van der Waals surface area (Å²) in [5, 5.41) is 0.635. The summed E-state index contributed by atoms with van der Waals surface area (Å²) in [6.45, 7) is 0.246. The van der Waals surface area contributed by atoms with E-state index in [0.29, 0.717) is 11.4 Å². The van der Waals surface area contributed by atoms with Crippen molar-refractivity contribution in [2.24, 2.45) is 9.39 Å². The van der Waals surface area contributed by atoms with Gasteiger partial charge < -0.3 is 9.47 Å². The molecule has 1 aliphatic heterocycles. The van der Waals surface area contributed by atoms with Crippen molar-refractivity contribution in [2.45, 2.75) is 6.42 Å². The average Bonchev–Trinajstić information content (AvgIpc) is 2.43. The van der Waals surface area contributed by atoms with Gasteiger partial charge in [-0.2, -0.15) is 8.42 Å². The zero-order valence-electron chi connectivity index (χ0n) is 11.5. The summed E-state index contributed by atoms with van der Waals surface area (Å²) in [5.74, 6) is 0. The first-order valence-electron chi connectivity index (χ1n) is 6.01. The van der Waals surface area contributed by atoms with Crippen molar-refractivity contribution in [1.29, 1.82) is 0 Å². The molecule has 2 rings (SSSR count). The average molecular weight is 332 g/mol. The highest BCUT2D eigenvalue weighted by atomic mass is 35.5. The smallest absolute Gasteiger partial charge is 0.352 e. The van der Waals surface area contributed by atoms with Crippen LogP contribution in [0, 0.1) is 0 Å². The van der Waals surface area contributed by atoms with Gasteiger partial charge in [0.05, 0.1) is 13.7 Å². The Morgan fingerprint density at radius 2 is 2.14 bits per heavy atom. The van der Waals surface area contributed by atoms with Crippen molar-refractivity contribution in [2.75, 3.05) is 20.8 Å². The molecule has 114 valence electrons. The number of hydrogen-bond acceptors (Lipinski definition) is 5. The molecule has 1 aromatic carbocycles. The Balaban J connectivity index is 2.02. The molecule has 0 aromatic heterocycles. The summed E-state index contributed by atoms with van der Waals surface area (Å²) >= 11 is 5.89. The highest BCUT2D eigenvalue weighted by Gasteiger charge is 2.28. The summed E-state index contributed by atoms with van der Waals surface area (Å²) < 4.78 is 37.8. The van der Waals surface area contributed by atoms with Crippen LogP contribution in [0.25, 0.3) is 0 Å². The molecule has 0 N–H and O–H groups in total. The van der Waals surface area contributed by atoms with Gasteiger partial charge in [-0.25, -0.2) is 4.31 Å². The van der Waals surface area contributed by atoms with Gasteiger partial charge in [-0.3, -0.25) is 0 Å². The molecule has 7 nitrogen and oxygen atoms in total. The SMILES string of the molecule is COC1=NS(=O)(=O)N(C)C(OCCc2cccc(Cl)c2)=N1. The van der Waals surface area contributed by atoms with E-state index in [2.05, 4.69) is 9.39 Å². The maximum atomic E-state index is 11.7. The number of halogens is 1. The van der Waals surface area contributed by atoms with E-state index in [-0.39, 0.29) is 18.7 Å². The van der Waals surface area contributed by atoms with Gasteiger partial charge in [0.2, 0.25) is 0 Å². The predicted molar refractivity (Wildman–Crippen MR) is 79.7 cm³/mol. The van der Waals surface area contributed by atoms with Crippen LogP contribution >= 0.6 is 11.6 Å². The number of rotatable bonds is 3. The number of aliphatic imine (C=N–C) groups is 1. The fourth-order valence-electron chi connectivity index (χ4n) is 1.59. The lowest BCUT2D eigenvalue weighted by atomic mass is 10.2. The molecule has 1 aliphatic rings. The largest absolute Gasteiger partial charge is 0.466 e. The fraction of sp³-hybridized carbons (Fsp3) is 0.333. The lowest BCUT2D eigenvalue weighted by molar-refractivity contribution is 0.273. The molecule has 21 heavy (non-hydrogen) atoms. The Kier molecular flexibility index (Phi) is 4.69. The van der Waals surface area contributed by atoms with E-state index in [1.54, 1.807) is 6.07 Å². The third-order valence-corrected chi connectivity index (χ3v) is 4.16. The molecular weight excluding hydrogens is 318 g/mol. The molecule has 0 amide bonds. The molecule has 0 bridgehead atoms. The summed E-state index contributed by atoms with van der Waals surface area (Å²) in [5.41, 5.74) is 0.977. The van der Waals surface area contributed by atoms with Crippen molar-refractivity contribution in [3.05, 3.63) is 34.9 Å². The molecule has 1 aromatic rings. The van der Waals surface area contributed by atoms with Crippen molar-refractivity contribution < 1.29 is 17.9 Å².